The van der Waals surface area contributed by atoms with Gasteiger partial charge in [0.2, 0.25) is 0 Å². The zero-order valence-electron chi connectivity index (χ0n) is 19.2. The second kappa shape index (κ2) is 18.3. The van der Waals surface area contributed by atoms with Crippen LogP contribution in [0.25, 0.3) is 0 Å². The van der Waals surface area contributed by atoms with Crippen LogP contribution in [0.15, 0.2) is 0 Å². The van der Waals surface area contributed by atoms with Gasteiger partial charge in [-0.1, -0.05) is 84.0 Å². The first kappa shape index (κ1) is 27.2. The first-order valence-corrected chi connectivity index (χ1v) is 12.6. The van der Waals surface area contributed by atoms with E-state index in [9.17, 15) is 5.11 Å². The van der Waals surface area contributed by atoms with Crippen molar-refractivity contribution in [3.63, 3.8) is 0 Å². The molecule has 0 saturated carbocycles. The van der Waals surface area contributed by atoms with Crippen LogP contribution in [0.2, 0.25) is 0 Å². The summed E-state index contributed by atoms with van der Waals surface area (Å²) in [7, 11) is 0. The second-order valence-electron chi connectivity index (χ2n) is 8.79. The number of aliphatic hydroxyl groups is 1. The summed E-state index contributed by atoms with van der Waals surface area (Å²) in [5, 5.41) is 10.1. The molecule has 0 heterocycles. The SMILES string of the molecule is CCCCCCCCCCCCCCC(Cl)CC[N+](CC)(CC)CC(C)O. The number of hydrogen-bond acceptors (Lipinski definition) is 1. The summed E-state index contributed by atoms with van der Waals surface area (Å²) < 4.78 is 0.999. The fourth-order valence-electron chi connectivity index (χ4n) is 4.21. The maximum Gasteiger partial charge on any atom is 0.105 e. The van der Waals surface area contributed by atoms with Gasteiger partial charge >= 0.3 is 0 Å². The van der Waals surface area contributed by atoms with Crippen molar-refractivity contribution in [2.45, 2.75) is 129 Å². The van der Waals surface area contributed by atoms with E-state index in [1.54, 1.807) is 0 Å². The number of quaternary nitrogens is 1. The molecule has 0 aromatic carbocycles. The van der Waals surface area contributed by atoms with Gasteiger partial charge in [0.1, 0.15) is 12.6 Å². The third-order valence-electron chi connectivity index (χ3n) is 6.28. The van der Waals surface area contributed by atoms with Gasteiger partial charge in [-0.3, -0.25) is 0 Å². The molecule has 0 bridgehead atoms. The Labute approximate surface area is 176 Å². The van der Waals surface area contributed by atoms with E-state index in [1.165, 1.54) is 77.0 Å². The van der Waals surface area contributed by atoms with E-state index in [0.29, 0.717) is 5.38 Å². The largest absolute Gasteiger partial charge is 0.388 e. The Balaban J connectivity index is 3.59. The van der Waals surface area contributed by atoms with E-state index < -0.39 is 0 Å². The summed E-state index contributed by atoms with van der Waals surface area (Å²) in [4.78, 5) is 0. The van der Waals surface area contributed by atoms with E-state index in [1.807, 2.05) is 6.92 Å². The molecular formula is C24H51ClNO+. The van der Waals surface area contributed by atoms with Crippen molar-refractivity contribution < 1.29 is 9.59 Å². The number of alkyl halides is 1. The molecular weight excluding hydrogens is 354 g/mol. The number of nitrogens with zero attached hydrogens (tertiary/aromatic N) is 1. The lowest BCUT2D eigenvalue weighted by atomic mass is 10.0. The number of aliphatic hydroxyl groups excluding tert-OH is 1. The van der Waals surface area contributed by atoms with Crippen molar-refractivity contribution in [3.8, 4) is 0 Å². The predicted molar refractivity (Wildman–Crippen MR) is 123 cm³/mol. The lowest BCUT2D eigenvalue weighted by Gasteiger charge is -2.38. The minimum absolute atomic E-state index is 0.227. The molecule has 0 spiro atoms. The van der Waals surface area contributed by atoms with Crippen molar-refractivity contribution in [2.75, 3.05) is 26.2 Å². The molecule has 2 nitrogen and oxygen atoms in total. The van der Waals surface area contributed by atoms with Gasteiger partial charge in [-0.05, 0) is 27.2 Å². The van der Waals surface area contributed by atoms with Crippen LogP contribution in [0.1, 0.15) is 118 Å². The Morgan fingerprint density at radius 2 is 1.15 bits per heavy atom. The Bertz CT molecular complexity index is 305. The van der Waals surface area contributed by atoms with Gasteiger partial charge in [0.05, 0.1) is 19.6 Å². The molecule has 0 aromatic heterocycles. The average molecular weight is 405 g/mol. The smallest absolute Gasteiger partial charge is 0.105 e. The molecule has 3 heteroatoms. The molecule has 0 aliphatic heterocycles. The highest BCUT2D eigenvalue weighted by molar-refractivity contribution is 6.20. The van der Waals surface area contributed by atoms with E-state index in [2.05, 4.69) is 20.8 Å². The zero-order valence-corrected chi connectivity index (χ0v) is 19.9. The topological polar surface area (TPSA) is 20.2 Å². The highest BCUT2D eigenvalue weighted by Gasteiger charge is 2.26. The summed E-state index contributed by atoms with van der Waals surface area (Å²) in [6, 6.07) is 0. The van der Waals surface area contributed by atoms with Gasteiger partial charge in [-0.25, -0.2) is 0 Å². The molecule has 0 radical (unpaired) electrons. The summed E-state index contributed by atoms with van der Waals surface area (Å²) in [5.41, 5.74) is 0. The van der Waals surface area contributed by atoms with Crippen LogP contribution in [-0.2, 0) is 0 Å². The molecule has 0 amide bonds. The Hall–Kier alpha value is 0.210. The fourth-order valence-corrected chi connectivity index (χ4v) is 4.47. The minimum Gasteiger partial charge on any atom is -0.388 e. The van der Waals surface area contributed by atoms with Crippen LogP contribution < -0.4 is 0 Å². The van der Waals surface area contributed by atoms with E-state index >= 15 is 0 Å². The maximum absolute atomic E-state index is 9.79. The minimum atomic E-state index is -0.227. The Morgan fingerprint density at radius 1 is 0.704 bits per heavy atom. The maximum atomic E-state index is 9.79. The third kappa shape index (κ3) is 15.8. The van der Waals surface area contributed by atoms with Crippen molar-refractivity contribution in [3.05, 3.63) is 0 Å². The molecule has 164 valence electrons. The molecule has 27 heavy (non-hydrogen) atoms. The average Bonchev–Trinajstić information content (AvgIpc) is 2.65. The number of rotatable bonds is 20. The Kier molecular flexibility index (Phi) is 18.4. The zero-order chi connectivity index (χ0) is 20.4. The highest BCUT2D eigenvalue weighted by Crippen LogP contribution is 2.18. The van der Waals surface area contributed by atoms with Crippen molar-refractivity contribution >= 4 is 11.6 Å². The van der Waals surface area contributed by atoms with Crippen LogP contribution >= 0.6 is 11.6 Å². The molecule has 0 fully saturated rings. The number of likely N-dealkylation sites (N-methyl/N-ethyl adjacent to an activating group) is 1. The van der Waals surface area contributed by atoms with Crippen molar-refractivity contribution in [1.29, 1.82) is 0 Å². The van der Waals surface area contributed by atoms with Gasteiger partial charge in [0.15, 0.2) is 0 Å². The first-order valence-electron chi connectivity index (χ1n) is 12.2. The van der Waals surface area contributed by atoms with Crippen LogP contribution in [0.4, 0.5) is 0 Å². The Morgan fingerprint density at radius 3 is 1.56 bits per heavy atom. The summed E-state index contributed by atoms with van der Waals surface area (Å²) in [6.07, 6.45) is 18.8. The van der Waals surface area contributed by atoms with Gasteiger partial charge < -0.3 is 9.59 Å². The van der Waals surface area contributed by atoms with Gasteiger partial charge in [-0.15, -0.1) is 11.6 Å². The summed E-state index contributed by atoms with van der Waals surface area (Å²) in [6.45, 7) is 12.8. The number of unbranched alkanes of at least 4 members (excludes halogenated alkanes) is 11. The van der Waals surface area contributed by atoms with Crippen LogP contribution in [0, 0.1) is 0 Å². The van der Waals surface area contributed by atoms with Gasteiger partial charge in [-0.2, -0.15) is 0 Å². The molecule has 0 saturated heterocycles. The molecule has 2 atom stereocenters. The fraction of sp³-hybridized carbons (Fsp3) is 1.00. The standard InChI is InChI=1S/C24H51ClNO/c1-5-8-9-10-11-12-13-14-15-16-17-18-19-24(25)20-21-26(6-2,7-3)22-23(4)27/h23-24,27H,5-22H2,1-4H3/q+1. The van der Waals surface area contributed by atoms with Crippen molar-refractivity contribution in [1.82, 2.24) is 0 Å². The summed E-state index contributed by atoms with van der Waals surface area (Å²) in [5.74, 6) is 0. The third-order valence-corrected chi connectivity index (χ3v) is 6.72. The van der Waals surface area contributed by atoms with Gasteiger partial charge in [0.25, 0.3) is 0 Å². The lowest BCUT2D eigenvalue weighted by Crippen LogP contribution is -2.52. The molecule has 1 N–H and O–H groups in total. The second-order valence-corrected chi connectivity index (χ2v) is 9.41. The molecule has 2 unspecified atom stereocenters. The lowest BCUT2D eigenvalue weighted by molar-refractivity contribution is -0.927. The van der Waals surface area contributed by atoms with Crippen LogP contribution in [0.5, 0.6) is 0 Å². The molecule has 0 aliphatic rings. The van der Waals surface area contributed by atoms with E-state index in [-0.39, 0.29) is 6.10 Å². The summed E-state index contributed by atoms with van der Waals surface area (Å²) >= 11 is 6.60. The number of halogens is 1. The highest BCUT2D eigenvalue weighted by atomic mass is 35.5. The van der Waals surface area contributed by atoms with E-state index in [0.717, 1.165) is 43.5 Å². The molecule has 0 aliphatic carbocycles. The van der Waals surface area contributed by atoms with Crippen LogP contribution in [0.3, 0.4) is 0 Å². The predicted octanol–water partition coefficient (Wildman–Crippen LogP) is 7.31. The normalized spacial score (nSPS) is 14.4. The van der Waals surface area contributed by atoms with Gasteiger partial charge in [0, 0.05) is 11.8 Å². The first-order chi connectivity index (χ1) is 13.0. The number of hydrogen-bond donors (Lipinski definition) is 1. The molecule has 0 rings (SSSR count). The van der Waals surface area contributed by atoms with Crippen LogP contribution in [-0.4, -0.2) is 47.2 Å². The quantitative estimate of drug-likeness (QED) is 0.128. The molecule has 0 aromatic rings. The van der Waals surface area contributed by atoms with Crippen molar-refractivity contribution in [2.24, 2.45) is 0 Å². The van der Waals surface area contributed by atoms with E-state index in [4.69, 9.17) is 11.6 Å². The monoisotopic (exact) mass is 404 g/mol.